The van der Waals surface area contributed by atoms with Crippen LogP contribution in [0.15, 0.2) is 48.5 Å². The van der Waals surface area contributed by atoms with E-state index in [1.54, 1.807) is 0 Å². The molecule has 0 saturated heterocycles. The van der Waals surface area contributed by atoms with E-state index in [2.05, 4.69) is 12.2 Å². The lowest BCUT2D eigenvalue weighted by molar-refractivity contribution is 0.317. The van der Waals surface area contributed by atoms with Crippen LogP contribution in [0.2, 0.25) is 0 Å². The van der Waals surface area contributed by atoms with Gasteiger partial charge in [-0.15, -0.1) is 0 Å². The molecule has 0 radical (unpaired) electrons. The van der Waals surface area contributed by atoms with Crippen molar-refractivity contribution in [1.82, 2.24) is 0 Å². The highest BCUT2D eigenvalue weighted by atomic mass is 16.5. The first-order valence-electron chi connectivity index (χ1n) is 6.14. The average Bonchev–Trinajstić information content (AvgIpc) is 2.40. The minimum absolute atomic E-state index is 0.687. The molecule has 0 fully saturated rings. The molecule has 2 aromatic rings. The van der Waals surface area contributed by atoms with Crippen molar-refractivity contribution in [1.29, 1.82) is 0 Å². The summed E-state index contributed by atoms with van der Waals surface area (Å²) < 4.78 is 5.53. The zero-order chi connectivity index (χ0) is 12.8. The first-order chi connectivity index (χ1) is 8.79. The lowest BCUT2D eigenvalue weighted by Crippen LogP contribution is -1.99. The van der Waals surface area contributed by atoms with Gasteiger partial charge in [-0.2, -0.15) is 0 Å². The normalized spacial score (nSPS) is 10.1. The van der Waals surface area contributed by atoms with Crippen LogP contribution in [-0.2, 0) is 0 Å². The molecule has 0 aromatic heterocycles. The molecule has 0 heterocycles. The fourth-order valence-electron chi connectivity index (χ4n) is 1.64. The molecule has 0 bridgehead atoms. The average molecular weight is 242 g/mol. The highest BCUT2D eigenvalue weighted by molar-refractivity contribution is 5.73. The highest BCUT2D eigenvalue weighted by Crippen LogP contribution is 2.27. The third-order valence-electron chi connectivity index (χ3n) is 2.55. The molecule has 0 aliphatic carbocycles. The summed E-state index contributed by atoms with van der Waals surface area (Å²) in [6.45, 7) is 2.79. The maximum atomic E-state index is 6.00. The Balaban J connectivity index is 2.10. The SMILES string of the molecule is CCCOc1ccc(Nc2ccccc2)c(N)c1. The Labute approximate surface area is 108 Å². The number of hydrogen-bond donors (Lipinski definition) is 2. The standard InChI is InChI=1S/C15H18N2O/c1-2-10-18-13-8-9-15(14(16)11-13)17-12-6-4-3-5-7-12/h3-9,11,17H,2,10,16H2,1H3. The van der Waals surface area contributed by atoms with Gasteiger partial charge in [0.05, 0.1) is 18.0 Å². The van der Waals surface area contributed by atoms with Crippen molar-refractivity contribution in [3.63, 3.8) is 0 Å². The Bertz CT molecular complexity index is 497. The van der Waals surface area contributed by atoms with Gasteiger partial charge < -0.3 is 15.8 Å². The summed E-state index contributed by atoms with van der Waals surface area (Å²) in [5.41, 5.74) is 8.60. The van der Waals surface area contributed by atoms with E-state index < -0.39 is 0 Å². The van der Waals surface area contributed by atoms with Crippen molar-refractivity contribution in [2.24, 2.45) is 0 Å². The van der Waals surface area contributed by atoms with Gasteiger partial charge in [-0.1, -0.05) is 25.1 Å². The molecule has 0 unspecified atom stereocenters. The van der Waals surface area contributed by atoms with Crippen molar-refractivity contribution < 1.29 is 4.74 Å². The van der Waals surface area contributed by atoms with Crippen LogP contribution in [0.4, 0.5) is 17.1 Å². The van der Waals surface area contributed by atoms with Gasteiger partial charge in [0.25, 0.3) is 0 Å². The second kappa shape index (κ2) is 5.96. The third-order valence-corrected chi connectivity index (χ3v) is 2.55. The van der Waals surface area contributed by atoms with E-state index in [1.807, 2.05) is 48.5 Å². The van der Waals surface area contributed by atoms with Crippen LogP contribution in [0.1, 0.15) is 13.3 Å². The zero-order valence-electron chi connectivity index (χ0n) is 10.5. The van der Waals surface area contributed by atoms with Gasteiger partial charge in [0.2, 0.25) is 0 Å². The largest absolute Gasteiger partial charge is 0.494 e. The second-order valence-corrected chi connectivity index (χ2v) is 4.09. The van der Waals surface area contributed by atoms with Gasteiger partial charge >= 0.3 is 0 Å². The first kappa shape index (κ1) is 12.3. The molecule has 0 amide bonds. The summed E-state index contributed by atoms with van der Waals surface area (Å²) in [6.07, 6.45) is 0.990. The quantitative estimate of drug-likeness (QED) is 0.784. The smallest absolute Gasteiger partial charge is 0.121 e. The summed E-state index contributed by atoms with van der Waals surface area (Å²) in [5, 5.41) is 3.27. The van der Waals surface area contributed by atoms with Gasteiger partial charge in [-0.3, -0.25) is 0 Å². The number of nitrogens with two attached hydrogens (primary N) is 1. The second-order valence-electron chi connectivity index (χ2n) is 4.09. The first-order valence-corrected chi connectivity index (χ1v) is 6.14. The van der Waals surface area contributed by atoms with Gasteiger partial charge in [-0.25, -0.2) is 0 Å². The van der Waals surface area contributed by atoms with Crippen LogP contribution in [0.25, 0.3) is 0 Å². The predicted octanol–water partition coefficient (Wildman–Crippen LogP) is 3.80. The van der Waals surface area contributed by atoms with Gasteiger partial charge in [0.1, 0.15) is 5.75 Å². The molecule has 94 valence electrons. The number of para-hydroxylation sites is 1. The predicted molar refractivity (Wildman–Crippen MR) is 76.4 cm³/mol. The number of nitrogen functional groups attached to an aromatic ring is 1. The fourth-order valence-corrected chi connectivity index (χ4v) is 1.64. The van der Waals surface area contributed by atoms with Crippen molar-refractivity contribution in [2.45, 2.75) is 13.3 Å². The lowest BCUT2D eigenvalue weighted by atomic mass is 10.2. The molecule has 18 heavy (non-hydrogen) atoms. The number of hydrogen-bond acceptors (Lipinski definition) is 3. The van der Waals surface area contributed by atoms with Crippen LogP contribution >= 0.6 is 0 Å². The molecule has 0 spiro atoms. The lowest BCUT2D eigenvalue weighted by Gasteiger charge is -2.11. The molecule has 0 saturated carbocycles. The summed E-state index contributed by atoms with van der Waals surface area (Å²) in [6, 6.07) is 15.7. The van der Waals surface area contributed by atoms with Crippen molar-refractivity contribution >= 4 is 17.1 Å². The van der Waals surface area contributed by atoms with Gasteiger partial charge in [0, 0.05) is 11.8 Å². The monoisotopic (exact) mass is 242 g/mol. The van der Waals surface area contributed by atoms with Crippen molar-refractivity contribution in [2.75, 3.05) is 17.7 Å². The van der Waals surface area contributed by atoms with Gasteiger partial charge in [-0.05, 0) is 30.7 Å². The summed E-state index contributed by atoms with van der Waals surface area (Å²) in [4.78, 5) is 0. The molecule has 0 aliphatic rings. The molecule has 3 nitrogen and oxygen atoms in total. The Morgan fingerprint density at radius 3 is 2.56 bits per heavy atom. The van der Waals surface area contributed by atoms with Crippen LogP contribution in [0, 0.1) is 0 Å². The number of rotatable bonds is 5. The summed E-state index contributed by atoms with van der Waals surface area (Å²) in [7, 11) is 0. The molecular weight excluding hydrogens is 224 g/mol. The Morgan fingerprint density at radius 2 is 1.89 bits per heavy atom. The Kier molecular flexibility index (Phi) is 4.07. The molecule has 0 aliphatic heterocycles. The van der Waals surface area contributed by atoms with Gasteiger partial charge in [0.15, 0.2) is 0 Å². The number of anilines is 3. The van der Waals surface area contributed by atoms with Crippen molar-refractivity contribution in [3.8, 4) is 5.75 Å². The van der Waals surface area contributed by atoms with E-state index in [9.17, 15) is 0 Å². The maximum Gasteiger partial charge on any atom is 0.121 e. The van der Waals surface area contributed by atoms with Crippen LogP contribution in [0.5, 0.6) is 5.75 Å². The maximum absolute atomic E-state index is 6.00. The molecular formula is C15H18N2O. The van der Waals surface area contributed by atoms with E-state index in [1.165, 1.54) is 0 Å². The molecule has 3 N–H and O–H groups in total. The van der Waals surface area contributed by atoms with E-state index >= 15 is 0 Å². The van der Waals surface area contributed by atoms with E-state index in [4.69, 9.17) is 10.5 Å². The summed E-state index contributed by atoms with van der Waals surface area (Å²) in [5.74, 6) is 0.813. The minimum atomic E-state index is 0.687. The Hall–Kier alpha value is -2.16. The molecule has 3 heteroatoms. The number of benzene rings is 2. The van der Waals surface area contributed by atoms with Crippen LogP contribution in [-0.4, -0.2) is 6.61 Å². The number of ether oxygens (including phenoxy) is 1. The zero-order valence-corrected chi connectivity index (χ0v) is 10.5. The van der Waals surface area contributed by atoms with E-state index in [-0.39, 0.29) is 0 Å². The molecule has 0 atom stereocenters. The molecule has 2 rings (SSSR count). The van der Waals surface area contributed by atoms with E-state index in [0.717, 1.165) is 23.5 Å². The van der Waals surface area contributed by atoms with Crippen molar-refractivity contribution in [3.05, 3.63) is 48.5 Å². The third kappa shape index (κ3) is 3.17. The van der Waals surface area contributed by atoms with Crippen LogP contribution in [0.3, 0.4) is 0 Å². The summed E-state index contributed by atoms with van der Waals surface area (Å²) >= 11 is 0. The molecule has 2 aromatic carbocycles. The number of nitrogens with one attached hydrogen (secondary N) is 1. The minimum Gasteiger partial charge on any atom is -0.494 e. The highest BCUT2D eigenvalue weighted by Gasteiger charge is 2.01. The van der Waals surface area contributed by atoms with Crippen LogP contribution < -0.4 is 15.8 Å². The van der Waals surface area contributed by atoms with E-state index in [0.29, 0.717) is 12.3 Å². The topological polar surface area (TPSA) is 47.3 Å². The Morgan fingerprint density at radius 1 is 1.11 bits per heavy atom. The fraction of sp³-hybridized carbons (Fsp3) is 0.200.